The van der Waals surface area contributed by atoms with Crippen LogP contribution in [0.25, 0.3) is 10.9 Å². The molecule has 2 aromatic carbocycles. The second-order valence-corrected chi connectivity index (χ2v) is 5.92. The summed E-state index contributed by atoms with van der Waals surface area (Å²) in [5.41, 5.74) is 4.55. The molecule has 0 aliphatic heterocycles. The van der Waals surface area contributed by atoms with E-state index in [0.29, 0.717) is 12.2 Å². The van der Waals surface area contributed by atoms with Crippen LogP contribution in [0.1, 0.15) is 28.5 Å². The molecule has 0 bridgehead atoms. The normalized spacial score (nSPS) is 10.8. The highest BCUT2D eigenvalue weighted by Crippen LogP contribution is 2.27. The first-order valence-electron chi connectivity index (χ1n) is 8.10. The highest BCUT2D eigenvalue weighted by molar-refractivity contribution is 6.09. The fraction of sp³-hybridized carbons (Fsp3) is 0.250. The second kappa shape index (κ2) is 6.40. The number of aromatic nitrogens is 1. The molecule has 1 aromatic heterocycles. The molecule has 0 fully saturated rings. The summed E-state index contributed by atoms with van der Waals surface area (Å²) in [5, 5.41) is 1.04. The highest BCUT2D eigenvalue weighted by atomic mass is 16.5. The third-order valence-corrected chi connectivity index (χ3v) is 4.35. The van der Waals surface area contributed by atoms with E-state index < -0.39 is 0 Å². The van der Waals surface area contributed by atoms with Gasteiger partial charge in [0.25, 0.3) is 5.91 Å². The summed E-state index contributed by atoms with van der Waals surface area (Å²) in [5.74, 6) is 0.754. The van der Waals surface area contributed by atoms with E-state index in [-0.39, 0.29) is 5.91 Å². The van der Waals surface area contributed by atoms with E-state index >= 15 is 0 Å². The minimum atomic E-state index is -0.0178. The topological polar surface area (TPSA) is 45.3 Å². The summed E-state index contributed by atoms with van der Waals surface area (Å²) >= 11 is 0. The lowest BCUT2D eigenvalue weighted by atomic mass is 10.1. The number of rotatable bonds is 4. The van der Waals surface area contributed by atoms with Gasteiger partial charge in [0.1, 0.15) is 11.4 Å². The van der Waals surface area contributed by atoms with E-state index in [0.717, 1.165) is 33.5 Å². The van der Waals surface area contributed by atoms with Gasteiger partial charge in [0.2, 0.25) is 0 Å². The fourth-order valence-corrected chi connectivity index (χ4v) is 3.03. The summed E-state index contributed by atoms with van der Waals surface area (Å²) in [7, 11) is 1.64. The predicted molar refractivity (Wildman–Crippen MR) is 98.1 cm³/mol. The molecule has 0 unspecified atom stereocenters. The summed E-state index contributed by atoms with van der Waals surface area (Å²) in [4.78, 5) is 18.2. The Hall–Kier alpha value is -2.75. The van der Waals surface area contributed by atoms with Gasteiger partial charge in [-0.1, -0.05) is 12.1 Å². The van der Waals surface area contributed by atoms with Gasteiger partial charge in [0.05, 0.1) is 7.11 Å². The summed E-state index contributed by atoms with van der Waals surface area (Å²) in [6, 6.07) is 13.8. The van der Waals surface area contributed by atoms with Crippen molar-refractivity contribution in [1.82, 2.24) is 4.98 Å². The lowest BCUT2D eigenvalue weighted by Gasteiger charge is -2.21. The van der Waals surface area contributed by atoms with Crippen LogP contribution in [0.2, 0.25) is 0 Å². The lowest BCUT2D eigenvalue weighted by molar-refractivity contribution is 0.0984. The molecular formula is C20H22N2O2. The minimum absolute atomic E-state index is 0.0178. The largest absolute Gasteiger partial charge is 0.497 e. The number of amides is 1. The first-order valence-corrected chi connectivity index (χ1v) is 8.10. The molecule has 0 spiro atoms. The molecule has 0 radical (unpaired) electrons. The number of nitrogens with zero attached hydrogens (tertiary/aromatic N) is 1. The van der Waals surface area contributed by atoms with Gasteiger partial charge in [0.15, 0.2) is 0 Å². The molecule has 3 rings (SSSR count). The number of benzene rings is 2. The van der Waals surface area contributed by atoms with Gasteiger partial charge in [-0.2, -0.15) is 0 Å². The maximum absolute atomic E-state index is 13.1. The number of aromatic amines is 1. The molecule has 0 saturated carbocycles. The molecule has 0 saturated heterocycles. The van der Waals surface area contributed by atoms with E-state index in [1.165, 1.54) is 0 Å². The number of hydrogen-bond acceptors (Lipinski definition) is 2. The van der Waals surface area contributed by atoms with Gasteiger partial charge in [-0.05, 0) is 56.2 Å². The molecule has 1 N–H and O–H groups in total. The van der Waals surface area contributed by atoms with Gasteiger partial charge >= 0.3 is 0 Å². The zero-order chi connectivity index (χ0) is 17.3. The van der Waals surface area contributed by atoms with Crippen molar-refractivity contribution in [3.63, 3.8) is 0 Å². The third kappa shape index (κ3) is 2.75. The second-order valence-electron chi connectivity index (χ2n) is 5.92. The van der Waals surface area contributed by atoms with Crippen LogP contribution in [-0.4, -0.2) is 24.5 Å². The molecule has 4 heteroatoms. The van der Waals surface area contributed by atoms with Crippen LogP contribution >= 0.6 is 0 Å². The molecule has 3 aromatic rings. The summed E-state index contributed by atoms with van der Waals surface area (Å²) in [6.45, 7) is 6.60. The quantitative estimate of drug-likeness (QED) is 0.771. The molecule has 0 atom stereocenters. The molecule has 24 heavy (non-hydrogen) atoms. The van der Waals surface area contributed by atoms with Crippen LogP contribution in [0.3, 0.4) is 0 Å². The molecule has 0 aliphatic carbocycles. The van der Waals surface area contributed by atoms with Crippen molar-refractivity contribution in [3.05, 3.63) is 59.3 Å². The van der Waals surface area contributed by atoms with Crippen molar-refractivity contribution in [3.8, 4) is 5.75 Å². The fourth-order valence-electron chi connectivity index (χ4n) is 3.03. The van der Waals surface area contributed by atoms with Gasteiger partial charge in [-0.3, -0.25) is 4.79 Å². The average molecular weight is 322 g/mol. The lowest BCUT2D eigenvalue weighted by Crippen LogP contribution is -2.31. The van der Waals surface area contributed by atoms with Crippen molar-refractivity contribution in [2.75, 3.05) is 18.6 Å². The van der Waals surface area contributed by atoms with Crippen LogP contribution in [0.5, 0.6) is 5.75 Å². The van der Waals surface area contributed by atoms with Crippen molar-refractivity contribution in [2.24, 2.45) is 0 Å². The van der Waals surface area contributed by atoms with E-state index in [2.05, 4.69) is 4.98 Å². The smallest absolute Gasteiger partial charge is 0.274 e. The molecule has 0 aliphatic rings. The van der Waals surface area contributed by atoms with Crippen molar-refractivity contribution in [2.45, 2.75) is 20.8 Å². The first kappa shape index (κ1) is 16.1. The Morgan fingerprint density at radius 3 is 2.62 bits per heavy atom. The number of aryl methyl sites for hydroxylation is 2. The maximum Gasteiger partial charge on any atom is 0.274 e. The Bertz CT molecular complexity index is 896. The summed E-state index contributed by atoms with van der Waals surface area (Å²) in [6.07, 6.45) is 0. The zero-order valence-corrected chi connectivity index (χ0v) is 14.5. The van der Waals surface area contributed by atoms with Gasteiger partial charge in [-0.25, -0.2) is 0 Å². The minimum Gasteiger partial charge on any atom is -0.497 e. The summed E-state index contributed by atoms with van der Waals surface area (Å²) < 4.78 is 5.27. The third-order valence-electron chi connectivity index (χ3n) is 4.35. The highest BCUT2D eigenvalue weighted by Gasteiger charge is 2.21. The number of hydrogen-bond donors (Lipinski definition) is 1. The number of carbonyl (C=O) groups excluding carboxylic acids is 1. The monoisotopic (exact) mass is 322 g/mol. The first-order chi connectivity index (χ1) is 11.5. The van der Waals surface area contributed by atoms with Crippen LogP contribution < -0.4 is 9.64 Å². The number of fused-ring (bicyclic) bond motifs is 1. The van der Waals surface area contributed by atoms with E-state index in [4.69, 9.17) is 4.74 Å². The SMILES string of the molecule is CCN(C(=O)c1[nH]c2cc(OC)ccc2c1C)c1cccc(C)c1. The average Bonchev–Trinajstić information content (AvgIpc) is 2.91. The van der Waals surface area contributed by atoms with Crippen LogP contribution in [-0.2, 0) is 0 Å². The number of carbonyl (C=O) groups is 1. The van der Waals surface area contributed by atoms with Crippen LogP contribution in [0, 0.1) is 13.8 Å². The molecule has 1 amide bonds. The van der Waals surface area contributed by atoms with E-state index in [9.17, 15) is 4.79 Å². The Morgan fingerprint density at radius 1 is 1.17 bits per heavy atom. The Morgan fingerprint density at radius 2 is 1.96 bits per heavy atom. The predicted octanol–water partition coefficient (Wildman–Crippen LogP) is 4.46. The number of ether oxygens (including phenoxy) is 1. The Kier molecular flexibility index (Phi) is 4.30. The standard InChI is InChI=1S/C20H22N2O2/c1-5-22(15-8-6-7-13(2)11-15)20(23)19-14(3)17-10-9-16(24-4)12-18(17)21-19/h6-12,21H,5H2,1-4H3. The van der Waals surface area contributed by atoms with Crippen molar-refractivity contribution in [1.29, 1.82) is 0 Å². The van der Waals surface area contributed by atoms with Gasteiger partial charge in [-0.15, -0.1) is 0 Å². The van der Waals surface area contributed by atoms with Gasteiger partial charge in [0, 0.05) is 29.2 Å². The van der Waals surface area contributed by atoms with Crippen molar-refractivity contribution >= 4 is 22.5 Å². The number of H-pyrrole nitrogens is 1. The molecule has 1 heterocycles. The van der Waals surface area contributed by atoms with Gasteiger partial charge < -0.3 is 14.6 Å². The Balaban J connectivity index is 2.05. The maximum atomic E-state index is 13.1. The van der Waals surface area contributed by atoms with Crippen LogP contribution in [0.15, 0.2) is 42.5 Å². The number of nitrogens with one attached hydrogen (secondary N) is 1. The zero-order valence-electron chi connectivity index (χ0n) is 14.5. The Labute approximate surface area is 142 Å². The van der Waals surface area contributed by atoms with E-state index in [1.54, 1.807) is 12.0 Å². The molecule has 124 valence electrons. The molecular weight excluding hydrogens is 300 g/mol. The van der Waals surface area contributed by atoms with Crippen molar-refractivity contribution < 1.29 is 9.53 Å². The van der Waals surface area contributed by atoms with Crippen LogP contribution in [0.4, 0.5) is 5.69 Å². The molecule has 4 nitrogen and oxygen atoms in total. The number of anilines is 1. The number of methoxy groups -OCH3 is 1. The van der Waals surface area contributed by atoms with E-state index in [1.807, 2.05) is 63.2 Å².